The Hall–Kier alpha value is -1.71. The molecule has 2 aromatic carbocycles. The maximum atomic E-state index is 12.6. The number of halogens is 1. The van der Waals surface area contributed by atoms with Crippen LogP contribution < -0.4 is 5.32 Å². The van der Waals surface area contributed by atoms with Gasteiger partial charge in [-0.05, 0) is 65.4 Å². The van der Waals surface area contributed by atoms with E-state index < -0.39 is 0 Å². The number of carbonyl (C=O) groups is 2. The van der Waals surface area contributed by atoms with Crippen LogP contribution in [0.15, 0.2) is 53.4 Å². The Labute approximate surface area is 181 Å². The van der Waals surface area contributed by atoms with Gasteiger partial charge in [-0.2, -0.15) is 0 Å². The number of anilines is 1. The second kappa shape index (κ2) is 8.99. The second-order valence-electron chi connectivity index (χ2n) is 6.05. The Morgan fingerprint density at radius 3 is 2.52 bits per heavy atom. The summed E-state index contributed by atoms with van der Waals surface area (Å²) in [7, 11) is 0. The Kier molecular flexibility index (Phi) is 6.67. The van der Waals surface area contributed by atoms with Crippen LogP contribution in [0.2, 0.25) is 0 Å². The highest BCUT2D eigenvalue weighted by atomic mass is 127. The van der Waals surface area contributed by atoms with E-state index in [1.807, 2.05) is 61.5 Å². The molecule has 1 saturated heterocycles. The van der Waals surface area contributed by atoms with Gasteiger partial charge in [0.25, 0.3) is 5.91 Å². The van der Waals surface area contributed by atoms with Gasteiger partial charge in [-0.3, -0.25) is 14.5 Å². The van der Waals surface area contributed by atoms with Crippen molar-refractivity contribution in [2.24, 2.45) is 0 Å². The summed E-state index contributed by atoms with van der Waals surface area (Å²) in [6.45, 7) is 2.29. The van der Waals surface area contributed by atoms with Crippen molar-refractivity contribution in [3.05, 3.63) is 68.1 Å². The number of nitrogens with zero attached hydrogens (tertiary/aromatic N) is 1. The minimum absolute atomic E-state index is 0.146. The third kappa shape index (κ3) is 5.40. The van der Waals surface area contributed by atoms with E-state index in [2.05, 4.69) is 27.9 Å². The van der Waals surface area contributed by atoms with Crippen molar-refractivity contribution >= 4 is 74.5 Å². The van der Waals surface area contributed by atoms with Gasteiger partial charge in [0.05, 0.1) is 4.91 Å². The predicted octanol–water partition coefficient (Wildman–Crippen LogP) is 4.83. The third-order valence-electron chi connectivity index (χ3n) is 3.94. The number of nitrogens with one attached hydrogen (secondary N) is 1. The summed E-state index contributed by atoms with van der Waals surface area (Å²) in [4.78, 5) is 26.8. The van der Waals surface area contributed by atoms with Crippen molar-refractivity contribution in [3.8, 4) is 0 Å². The first kappa shape index (κ1) is 20.0. The van der Waals surface area contributed by atoms with E-state index in [0.29, 0.717) is 9.23 Å². The number of thioether (sulfide) groups is 1. The van der Waals surface area contributed by atoms with Crippen LogP contribution in [0.1, 0.15) is 17.5 Å². The predicted molar refractivity (Wildman–Crippen MR) is 123 cm³/mol. The molecular weight excluding hydrogens is 491 g/mol. The Bertz CT molecular complexity index is 909. The lowest BCUT2D eigenvalue weighted by Gasteiger charge is -2.14. The fourth-order valence-corrected chi connectivity index (χ4v) is 4.15. The number of thiocarbonyl (C=S) groups is 1. The van der Waals surface area contributed by atoms with Crippen molar-refractivity contribution in [3.63, 3.8) is 0 Å². The first-order valence-corrected chi connectivity index (χ1v) is 10.6. The van der Waals surface area contributed by atoms with Gasteiger partial charge in [-0.15, -0.1) is 0 Å². The SMILES string of the molecule is Cc1ccc(/C=C2/SC(=S)N(CCC(=O)Nc3ccc(I)cc3)C2=O)cc1. The molecule has 0 unspecified atom stereocenters. The number of benzene rings is 2. The van der Waals surface area contributed by atoms with Gasteiger partial charge in [0.15, 0.2) is 0 Å². The van der Waals surface area contributed by atoms with Gasteiger partial charge in [-0.1, -0.05) is 53.8 Å². The van der Waals surface area contributed by atoms with E-state index in [1.165, 1.54) is 22.2 Å². The molecule has 1 N–H and O–H groups in total. The summed E-state index contributed by atoms with van der Waals surface area (Å²) in [6.07, 6.45) is 2.03. The van der Waals surface area contributed by atoms with Crippen LogP contribution in [0.25, 0.3) is 6.08 Å². The lowest BCUT2D eigenvalue weighted by Crippen LogP contribution is -2.31. The van der Waals surface area contributed by atoms with Crippen LogP contribution in [-0.2, 0) is 9.59 Å². The standard InChI is InChI=1S/C20H17IN2O2S2/c1-13-2-4-14(5-3-13)12-17-19(25)23(20(26)27-17)11-10-18(24)22-16-8-6-15(21)7-9-16/h2-9,12H,10-11H2,1H3,(H,22,24)/b17-12+. The fourth-order valence-electron chi connectivity index (χ4n) is 2.48. The molecule has 138 valence electrons. The van der Waals surface area contributed by atoms with Crippen LogP contribution in [0.3, 0.4) is 0 Å². The molecule has 2 amide bonds. The van der Waals surface area contributed by atoms with Crippen LogP contribution >= 0.6 is 46.6 Å². The molecule has 1 fully saturated rings. The van der Waals surface area contributed by atoms with Crippen molar-refractivity contribution in [1.82, 2.24) is 4.90 Å². The zero-order valence-electron chi connectivity index (χ0n) is 14.6. The monoisotopic (exact) mass is 508 g/mol. The molecule has 1 aliphatic heterocycles. The zero-order chi connectivity index (χ0) is 19.4. The van der Waals surface area contributed by atoms with Crippen molar-refractivity contribution in [2.75, 3.05) is 11.9 Å². The number of carbonyl (C=O) groups excluding carboxylic acids is 2. The molecule has 3 rings (SSSR count). The second-order valence-corrected chi connectivity index (χ2v) is 8.97. The average molecular weight is 508 g/mol. The third-order valence-corrected chi connectivity index (χ3v) is 6.04. The number of rotatable bonds is 5. The van der Waals surface area contributed by atoms with E-state index in [-0.39, 0.29) is 24.8 Å². The molecule has 0 bridgehead atoms. The summed E-state index contributed by atoms with van der Waals surface area (Å²) in [5.74, 6) is -0.291. The van der Waals surface area contributed by atoms with Crippen LogP contribution in [0, 0.1) is 10.5 Å². The molecule has 2 aromatic rings. The van der Waals surface area contributed by atoms with E-state index in [9.17, 15) is 9.59 Å². The minimum atomic E-state index is -0.146. The summed E-state index contributed by atoms with van der Waals surface area (Å²) in [6, 6.07) is 15.5. The van der Waals surface area contributed by atoms with E-state index in [0.717, 1.165) is 14.8 Å². The zero-order valence-corrected chi connectivity index (χ0v) is 18.4. The Morgan fingerprint density at radius 1 is 1.19 bits per heavy atom. The Morgan fingerprint density at radius 2 is 1.85 bits per heavy atom. The fraction of sp³-hybridized carbons (Fsp3) is 0.150. The van der Waals surface area contributed by atoms with Crippen molar-refractivity contribution in [1.29, 1.82) is 0 Å². The largest absolute Gasteiger partial charge is 0.326 e. The molecule has 0 spiro atoms. The van der Waals surface area contributed by atoms with E-state index in [4.69, 9.17) is 12.2 Å². The molecule has 0 radical (unpaired) electrons. The lowest BCUT2D eigenvalue weighted by atomic mass is 10.1. The van der Waals surface area contributed by atoms with Crippen molar-refractivity contribution in [2.45, 2.75) is 13.3 Å². The van der Waals surface area contributed by atoms with Gasteiger partial charge >= 0.3 is 0 Å². The molecule has 1 aliphatic rings. The van der Waals surface area contributed by atoms with Crippen molar-refractivity contribution < 1.29 is 9.59 Å². The first-order valence-electron chi connectivity index (χ1n) is 8.30. The Balaban J connectivity index is 1.59. The number of aryl methyl sites for hydroxylation is 1. The van der Waals surface area contributed by atoms with Crippen LogP contribution in [-0.4, -0.2) is 27.6 Å². The van der Waals surface area contributed by atoms with Gasteiger partial charge < -0.3 is 5.32 Å². The maximum absolute atomic E-state index is 12.6. The molecule has 27 heavy (non-hydrogen) atoms. The normalized spacial score (nSPS) is 15.5. The minimum Gasteiger partial charge on any atom is -0.326 e. The molecule has 0 atom stereocenters. The van der Waals surface area contributed by atoms with Gasteiger partial charge in [0, 0.05) is 22.2 Å². The number of hydrogen-bond acceptors (Lipinski definition) is 4. The molecule has 0 aromatic heterocycles. The average Bonchev–Trinajstić information content (AvgIpc) is 2.90. The van der Waals surface area contributed by atoms with Gasteiger partial charge in [-0.25, -0.2) is 0 Å². The summed E-state index contributed by atoms with van der Waals surface area (Å²) in [5.41, 5.74) is 2.86. The highest BCUT2D eigenvalue weighted by Gasteiger charge is 2.32. The lowest BCUT2D eigenvalue weighted by molar-refractivity contribution is -0.122. The highest BCUT2D eigenvalue weighted by molar-refractivity contribution is 14.1. The topological polar surface area (TPSA) is 49.4 Å². The van der Waals surface area contributed by atoms with Crippen LogP contribution in [0.5, 0.6) is 0 Å². The summed E-state index contributed by atoms with van der Waals surface area (Å²) < 4.78 is 1.59. The van der Waals surface area contributed by atoms with E-state index >= 15 is 0 Å². The molecule has 0 saturated carbocycles. The van der Waals surface area contributed by atoms with Gasteiger partial charge in [0.1, 0.15) is 4.32 Å². The first-order chi connectivity index (χ1) is 12.9. The molecule has 0 aliphatic carbocycles. The summed E-state index contributed by atoms with van der Waals surface area (Å²) >= 11 is 8.81. The quantitative estimate of drug-likeness (QED) is 0.357. The van der Waals surface area contributed by atoms with Gasteiger partial charge in [0.2, 0.25) is 5.91 Å². The highest BCUT2D eigenvalue weighted by Crippen LogP contribution is 2.32. The molecule has 7 heteroatoms. The molecular formula is C20H17IN2O2S2. The van der Waals surface area contributed by atoms with E-state index in [1.54, 1.807) is 0 Å². The molecule has 1 heterocycles. The number of hydrogen-bond donors (Lipinski definition) is 1. The maximum Gasteiger partial charge on any atom is 0.266 e. The summed E-state index contributed by atoms with van der Waals surface area (Å²) in [5, 5.41) is 2.83. The molecule has 4 nitrogen and oxygen atoms in total. The van der Waals surface area contributed by atoms with Crippen LogP contribution in [0.4, 0.5) is 5.69 Å². The number of amides is 2. The smallest absolute Gasteiger partial charge is 0.266 e.